The van der Waals surface area contributed by atoms with E-state index in [-0.39, 0.29) is 5.56 Å². The summed E-state index contributed by atoms with van der Waals surface area (Å²) in [6.07, 6.45) is 3.51. The molecule has 7 heteroatoms. The highest BCUT2D eigenvalue weighted by Gasteiger charge is 2.46. The first-order valence-corrected chi connectivity index (χ1v) is 6.45. The quantitative estimate of drug-likeness (QED) is 0.910. The van der Waals surface area contributed by atoms with E-state index in [4.69, 9.17) is 11.0 Å². The number of hydrogen-bond acceptors (Lipinski definition) is 4. The molecule has 1 aliphatic carbocycles. The summed E-state index contributed by atoms with van der Waals surface area (Å²) in [7, 11) is 0. The molecule has 0 bridgehead atoms. The van der Waals surface area contributed by atoms with E-state index in [9.17, 15) is 9.18 Å². The van der Waals surface area contributed by atoms with Crippen molar-refractivity contribution in [3.63, 3.8) is 0 Å². The maximum Gasteiger partial charge on any atom is 0.249 e. The van der Waals surface area contributed by atoms with Crippen LogP contribution in [0.2, 0.25) is 0 Å². The number of nitrogens with two attached hydrogens (primary N) is 1. The van der Waals surface area contributed by atoms with Crippen LogP contribution in [0.25, 0.3) is 0 Å². The first-order chi connectivity index (χ1) is 10.0. The Balaban J connectivity index is 1.88. The molecule has 1 amide bonds. The molecule has 106 valence electrons. The highest BCUT2D eigenvalue weighted by atomic mass is 19.1. The van der Waals surface area contributed by atoms with Crippen molar-refractivity contribution in [3.05, 3.63) is 47.0 Å². The summed E-state index contributed by atoms with van der Waals surface area (Å²) in [4.78, 5) is 11.4. The van der Waals surface area contributed by atoms with Crippen LogP contribution in [-0.4, -0.2) is 20.9 Å². The van der Waals surface area contributed by atoms with Gasteiger partial charge in [0.2, 0.25) is 5.91 Å². The topological polar surface area (TPSA) is 97.6 Å². The molecule has 1 aromatic carbocycles. The number of amides is 1. The van der Waals surface area contributed by atoms with Crippen LogP contribution in [0.1, 0.15) is 34.5 Å². The number of nitriles is 1. The second kappa shape index (κ2) is 4.66. The zero-order valence-corrected chi connectivity index (χ0v) is 11.1. The number of nitrogens with zero attached hydrogens (tertiary/aromatic N) is 4. The van der Waals surface area contributed by atoms with Crippen LogP contribution in [0.3, 0.4) is 0 Å². The summed E-state index contributed by atoms with van der Waals surface area (Å²) in [5.74, 6) is -1.20. The number of primary amides is 1. The van der Waals surface area contributed by atoms with Crippen molar-refractivity contribution in [1.82, 2.24) is 15.0 Å². The average Bonchev–Trinajstić information content (AvgIpc) is 3.13. The lowest BCUT2D eigenvalue weighted by molar-refractivity contribution is 0.0999. The molecule has 0 radical (unpaired) electrons. The van der Waals surface area contributed by atoms with Crippen LogP contribution in [0, 0.1) is 17.1 Å². The monoisotopic (exact) mass is 285 g/mol. The van der Waals surface area contributed by atoms with Gasteiger partial charge in [-0.05, 0) is 30.5 Å². The van der Waals surface area contributed by atoms with Gasteiger partial charge in [0.05, 0.1) is 18.0 Å². The molecule has 2 aromatic rings. The Morgan fingerprint density at radius 2 is 2.29 bits per heavy atom. The summed E-state index contributed by atoms with van der Waals surface area (Å²) in [5.41, 5.74) is 6.00. The van der Waals surface area contributed by atoms with E-state index < -0.39 is 17.3 Å². The predicted octanol–water partition coefficient (Wildman–Crippen LogP) is 1.12. The molecule has 1 saturated carbocycles. The van der Waals surface area contributed by atoms with Crippen molar-refractivity contribution in [1.29, 1.82) is 5.26 Å². The number of aromatic nitrogens is 3. The first-order valence-electron chi connectivity index (χ1n) is 6.45. The molecule has 0 saturated heterocycles. The maximum absolute atomic E-state index is 13.2. The lowest BCUT2D eigenvalue weighted by Gasteiger charge is -2.05. The van der Waals surface area contributed by atoms with E-state index >= 15 is 0 Å². The molecule has 21 heavy (non-hydrogen) atoms. The van der Waals surface area contributed by atoms with Gasteiger partial charge in [-0.3, -0.25) is 4.79 Å². The maximum atomic E-state index is 13.2. The minimum Gasteiger partial charge on any atom is -0.366 e. The number of carbonyl (C=O) groups excluding carboxylic acids is 1. The average molecular weight is 285 g/mol. The largest absolute Gasteiger partial charge is 0.366 e. The summed E-state index contributed by atoms with van der Waals surface area (Å²) >= 11 is 0. The summed E-state index contributed by atoms with van der Waals surface area (Å²) < 4.78 is 14.7. The second-order valence-electron chi connectivity index (χ2n) is 5.14. The number of carbonyl (C=O) groups is 1. The lowest BCUT2D eigenvalue weighted by Crippen LogP contribution is -2.15. The van der Waals surface area contributed by atoms with Crippen molar-refractivity contribution >= 4 is 5.91 Å². The van der Waals surface area contributed by atoms with Crippen LogP contribution in [0.15, 0.2) is 24.4 Å². The minimum absolute atomic E-state index is 0.131. The summed E-state index contributed by atoms with van der Waals surface area (Å²) in [6.45, 7) is 0. The Morgan fingerprint density at radius 3 is 2.90 bits per heavy atom. The first kappa shape index (κ1) is 13.2. The molecule has 6 nitrogen and oxygen atoms in total. The zero-order valence-electron chi connectivity index (χ0n) is 11.1. The van der Waals surface area contributed by atoms with E-state index in [0.717, 1.165) is 18.9 Å². The summed E-state index contributed by atoms with van der Waals surface area (Å²) in [6, 6.07) is 6.10. The molecule has 0 atom stereocenters. The smallest absolute Gasteiger partial charge is 0.249 e. The minimum atomic E-state index is -0.687. The van der Waals surface area contributed by atoms with Crippen molar-refractivity contribution in [2.45, 2.75) is 24.8 Å². The fourth-order valence-electron chi connectivity index (χ4n) is 2.23. The molecule has 1 heterocycles. The Kier molecular flexibility index (Phi) is 2.94. The fourth-order valence-corrected chi connectivity index (χ4v) is 2.23. The third kappa shape index (κ3) is 2.36. The second-order valence-corrected chi connectivity index (χ2v) is 5.14. The van der Waals surface area contributed by atoms with Crippen LogP contribution in [0.4, 0.5) is 4.39 Å². The molecule has 1 fully saturated rings. The van der Waals surface area contributed by atoms with Crippen LogP contribution in [-0.2, 0) is 12.0 Å². The molecule has 0 aliphatic heterocycles. The molecule has 0 spiro atoms. The standard InChI is InChI=1S/C14H12FN5O/c15-10-2-1-9(12(6-10)13(17)21)5-11-7-20(19-18-11)14(8-16)3-4-14/h1-2,6-7H,3-5H2,(H2,17,21). The number of halogens is 1. The Hall–Kier alpha value is -2.75. The Labute approximate surface area is 120 Å². The lowest BCUT2D eigenvalue weighted by atomic mass is 10.0. The van der Waals surface area contributed by atoms with Gasteiger partial charge in [0, 0.05) is 12.0 Å². The molecule has 1 aliphatic rings. The van der Waals surface area contributed by atoms with E-state index in [1.807, 2.05) is 0 Å². The number of hydrogen-bond donors (Lipinski definition) is 1. The molecule has 3 rings (SSSR count). The zero-order chi connectivity index (χ0) is 15.0. The highest BCUT2D eigenvalue weighted by Crippen LogP contribution is 2.42. The SMILES string of the molecule is N#CC1(n2cc(Cc3ccc(F)cc3C(N)=O)nn2)CC1. The fraction of sp³-hybridized carbons (Fsp3) is 0.286. The third-order valence-electron chi connectivity index (χ3n) is 3.62. The van der Waals surface area contributed by atoms with Gasteiger partial charge in [0.1, 0.15) is 5.82 Å². The van der Waals surface area contributed by atoms with Gasteiger partial charge in [-0.1, -0.05) is 11.3 Å². The number of rotatable bonds is 4. The van der Waals surface area contributed by atoms with E-state index in [1.54, 1.807) is 10.9 Å². The Bertz CT molecular complexity index is 757. The van der Waals surface area contributed by atoms with Crippen molar-refractivity contribution in [3.8, 4) is 6.07 Å². The summed E-state index contributed by atoms with van der Waals surface area (Å²) in [5, 5.41) is 17.1. The highest BCUT2D eigenvalue weighted by molar-refractivity contribution is 5.94. The number of benzene rings is 1. The van der Waals surface area contributed by atoms with Gasteiger partial charge < -0.3 is 5.73 Å². The van der Waals surface area contributed by atoms with Gasteiger partial charge in [-0.2, -0.15) is 5.26 Å². The van der Waals surface area contributed by atoms with Crippen molar-refractivity contribution in [2.24, 2.45) is 5.73 Å². The van der Waals surface area contributed by atoms with E-state index in [1.165, 1.54) is 12.1 Å². The molecular weight excluding hydrogens is 273 g/mol. The molecule has 2 N–H and O–H groups in total. The van der Waals surface area contributed by atoms with Crippen LogP contribution in [0.5, 0.6) is 0 Å². The van der Waals surface area contributed by atoms with Crippen molar-refractivity contribution < 1.29 is 9.18 Å². The van der Waals surface area contributed by atoms with Crippen LogP contribution >= 0.6 is 0 Å². The van der Waals surface area contributed by atoms with Crippen LogP contribution < -0.4 is 5.73 Å². The molecule has 1 aromatic heterocycles. The van der Waals surface area contributed by atoms with Gasteiger partial charge in [-0.15, -0.1) is 5.10 Å². The third-order valence-corrected chi connectivity index (χ3v) is 3.62. The van der Waals surface area contributed by atoms with Gasteiger partial charge in [0.15, 0.2) is 5.54 Å². The van der Waals surface area contributed by atoms with E-state index in [0.29, 0.717) is 17.7 Å². The van der Waals surface area contributed by atoms with Crippen molar-refractivity contribution in [2.75, 3.05) is 0 Å². The normalized spacial score (nSPS) is 15.4. The molecular formula is C14H12FN5O. The molecule has 0 unspecified atom stereocenters. The predicted molar refractivity (Wildman–Crippen MR) is 70.6 cm³/mol. The van der Waals surface area contributed by atoms with Gasteiger partial charge in [-0.25, -0.2) is 9.07 Å². The van der Waals surface area contributed by atoms with Gasteiger partial charge in [0.25, 0.3) is 0 Å². The Morgan fingerprint density at radius 1 is 1.52 bits per heavy atom. The van der Waals surface area contributed by atoms with Gasteiger partial charge >= 0.3 is 0 Å². The van der Waals surface area contributed by atoms with E-state index in [2.05, 4.69) is 16.4 Å².